The second-order valence-electron chi connectivity index (χ2n) is 6.84. The first-order valence-corrected chi connectivity index (χ1v) is 10.7. The average molecular weight is 441 g/mol. The molecule has 3 aromatic carbocycles. The number of para-hydroxylation sites is 1. The molecule has 0 aliphatic heterocycles. The maximum absolute atomic E-state index is 13.8. The van der Waals surface area contributed by atoms with Crippen molar-refractivity contribution < 1.29 is 22.4 Å². The lowest BCUT2D eigenvalue weighted by atomic mass is 10.1. The molecule has 7 nitrogen and oxygen atoms in total. The number of hydrogen-bond acceptors (Lipinski definition) is 4. The third-order valence-electron chi connectivity index (χ3n) is 4.44. The van der Waals surface area contributed by atoms with Gasteiger partial charge >= 0.3 is 0 Å². The number of hydrogen-bond donors (Lipinski definition) is 3. The Balaban J connectivity index is 1.72. The van der Waals surface area contributed by atoms with Gasteiger partial charge in [0.2, 0.25) is 0 Å². The first-order chi connectivity index (χ1) is 14.7. The van der Waals surface area contributed by atoms with Crippen LogP contribution in [0.5, 0.6) is 0 Å². The number of anilines is 1. The summed E-state index contributed by atoms with van der Waals surface area (Å²) in [6.45, 7) is 3.68. The molecule has 9 heteroatoms. The van der Waals surface area contributed by atoms with Gasteiger partial charge in [0.15, 0.2) is 0 Å². The quantitative estimate of drug-likeness (QED) is 0.529. The molecule has 0 fully saturated rings. The Morgan fingerprint density at radius 3 is 2.26 bits per heavy atom. The van der Waals surface area contributed by atoms with E-state index >= 15 is 0 Å². The summed E-state index contributed by atoms with van der Waals surface area (Å²) in [7, 11) is -4.13. The van der Waals surface area contributed by atoms with Gasteiger partial charge in [-0.25, -0.2) is 12.8 Å². The molecule has 0 radical (unpaired) electrons. The molecule has 0 unspecified atom stereocenters. The van der Waals surface area contributed by atoms with Crippen LogP contribution in [0.2, 0.25) is 0 Å². The summed E-state index contributed by atoms with van der Waals surface area (Å²) in [4.78, 5) is 24.5. The topological polar surface area (TPSA) is 104 Å². The van der Waals surface area contributed by atoms with E-state index in [1.54, 1.807) is 19.1 Å². The summed E-state index contributed by atoms with van der Waals surface area (Å²) < 4.78 is 41.1. The number of rotatable bonds is 5. The summed E-state index contributed by atoms with van der Waals surface area (Å²) in [5.74, 6) is -1.94. The number of carbonyl (C=O) groups excluding carboxylic acids is 2. The van der Waals surface area contributed by atoms with Crippen molar-refractivity contribution in [3.8, 4) is 0 Å². The highest BCUT2D eigenvalue weighted by atomic mass is 32.2. The van der Waals surface area contributed by atoms with Crippen molar-refractivity contribution in [1.82, 2.24) is 10.9 Å². The number of aryl methyl sites for hydroxylation is 2. The number of amides is 2. The summed E-state index contributed by atoms with van der Waals surface area (Å²) >= 11 is 0. The van der Waals surface area contributed by atoms with Crippen molar-refractivity contribution in [3.63, 3.8) is 0 Å². The molecule has 0 saturated heterocycles. The van der Waals surface area contributed by atoms with Gasteiger partial charge in [-0.05, 0) is 55.8 Å². The van der Waals surface area contributed by atoms with Crippen LogP contribution in [0.15, 0.2) is 71.6 Å². The summed E-state index contributed by atoms with van der Waals surface area (Å²) in [6.07, 6.45) is 0. The molecule has 0 atom stereocenters. The zero-order chi connectivity index (χ0) is 22.6. The van der Waals surface area contributed by atoms with E-state index in [0.717, 1.165) is 23.3 Å². The minimum absolute atomic E-state index is 0.00247. The van der Waals surface area contributed by atoms with Gasteiger partial charge in [-0.2, -0.15) is 0 Å². The number of sulfonamides is 1. The first-order valence-electron chi connectivity index (χ1n) is 9.23. The number of benzene rings is 3. The summed E-state index contributed by atoms with van der Waals surface area (Å²) in [5.41, 5.74) is 6.51. The lowest BCUT2D eigenvalue weighted by Crippen LogP contribution is -2.41. The van der Waals surface area contributed by atoms with Crippen molar-refractivity contribution in [2.24, 2.45) is 0 Å². The Bertz CT molecular complexity index is 1260. The standard InChI is InChI=1S/C22H20FN3O4S/c1-14-10-11-18(15(2)12-14)22(28)25-24-21(27)16-6-5-7-17(13-16)31(29,30)26-20-9-4-3-8-19(20)23/h3-13,26H,1-2H3,(H,24,27)(H,25,28). The summed E-state index contributed by atoms with van der Waals surface area (Å²) in [5, 5.41) is 0. The van der Waals surface area contributed by atoms with Gasteiger partial charge in [-0.3, -0.25) is 25.2 Å². The number of halogens is 1. The highest BCUT2D eigenvalue weighted by molar-refractivity contribution is 7.92. The van der Waals surface area contributed by atoms with Crippen LogP contribution in [0.3, 0.4) is 0 Å². The molecule has 0 bridgehead atoms. The minimum atomic E-state index is -4.13. The number of nitrogens with one attached hydrogen (secondary N) is 3. The molecule has 0 saturated carbocycles. The molecule has 3 N–H and O–H groups in total. The second-order valence-corrected chi connectivity index (χ2v) is 8.52. The van der Waals surface area contributed by atoms with Crippen LogP contribution in [-0.4, -0.2) is 20.2 Å². The lowest BCUT2D eigenvalue weighted by molar-refractivity contribution is 0.0846. The highest BCUT2D eigenvalue weighted by Crippen LogP contribution is 2.19. The fourth-order valence-electron chi connectivity index (χ4n) is 2.87. The monoisotopic (exact) mass is 441 g/mol. The Hall–Kier alpha value is -3.72. The average Bonchev–Trinajstić information content (AvgIpc) is 2.73. The Kier molecular flexibility index (Phi) is 6.36. The van der Waals surface area contributed by atoms with Crippen molar-refractivity contribution in [1.29, 1.82) is 0 Å². The molecule has 0 heterocycles. The molecule has 2 amide bonds. The van der Waals surface area contributed by atoms with E-state index in [1.165, 1.54) is 36.4 Å². The zero-order valence-electron chi connectivity index (χ0n) is 16.8. The van der Waals surface area contributed by atoms with Crippen molar-refractivity contribution >= 4 is 27.5 Å². The third kappa shape index (κ3) is 5.26. The SMILES string of the molecule is Cc1ccc(C(=O)NNC(=O)c2cccc(S(=O)(=O)Nc3ccccc3F)c2)c(C)c1. The predicted molar refractivity (Wildman–Crippen MR) is 114 cm³/mol. The molecule has 0 aliphatic carbocycles. The fraction of sp³-hybridized carbons (Fsp3) is 0.0909. The van der Waals surface area contributed by atoms with Gasteiger partial charge in [0, 0.05) is 11.1 Å². The van der Waals surface area contributed by atoms with Crippen LogP contribution in [0, 0.1) is 19.7 Å². The van der Waals surface area contributed by atoms with Gasteiger partial charge < -0.3 is 0 Å². The number of carbonyl (C=O) groups is 2. The van der Waals surface area contributed by atoms with Gasteiger partial charge in [-0.1, -0.05) is 35.9 Å². The van der Waals surface area contributed by atoms with Crippen LogP contribution < -0.4 is 15.6 Å². The minimum Gasteiger partial charge on any atom is -0.277 e. The van der Waals surface area contributed by atoms with Crippen molar-refractivity contribution in [2.75, 3.05) is 4.72 Å². The fourth-order valence-corrected chi connectivity index (χ4v) is 3.99. The van der Waals surface area contributed by atoms with Gasteiger partial charge in [-0.15, -0.1) is 0 Å². The van der Waals surface area contributed by atoms with Crippen molar-refractivity contribution in [3.05, 3.63) is 94.8 Å². The van der Waals surface area contributed by atoms with E-state index in [9.17, 15) is 22.4 Å². The van der Waals surface area contributed by atoms with Crippen LogP contribution in [0.1, 0.15) is 31.8 Å². The van der Waals surface area contributed by atoms with Crippen molar-refractivity contribution in [2.45, 2.75) is 18.7 Å². The van der Waals surface area contributed by atoms with E-state index in [1.807, 2.05) is 13.0 Å². The molecule has 3 aromatic rings. The van der Waals surface area contributed by atoms with E-state index < -0.39 is 27.7 Å². The van der Waals surface area contributed by atoms with Crippen LogP contribution >= 0.6 is 0 Å². The van der Waals surface area contributed by atoms with Crippen LogP contribution in [-0.2, 0) is 10.0 Å². The molecule has 0 aliphatic rings. The van der Waals surface area contributed by atoms with Crippen LogP contribution in [0.25, 0.3) is 0 Å². The molecule has 160 valence electrons. The lowest BCUT2D eigenvalue weighted by Gasteiger charge is -2.11. The Morgan fingerprint density at radius 1 is 0.839 bits per heavy atom. The molecule has 0 aromatic heterocycles. The van der Waals surface area contributed by atoms with Gasteiger partial charge in [0.25, 0.3) is 21.8 Å². The van der Waals surface area contributed by atoms with E-state index in [-0.39, 0.29) is 16.1 Å². The smallest absolute Gasteiger partial charge is 0.269 e. The van der Waals surface area contributed by atoms with E-state index in [4.69, 9.17) is 0 Å². The zero-order valence-corrected chi connectivity index (χ0v) is 17.6. The highest BCUT2D eigenvalue weighted by Gasteiger charge is 2.18. The maximum Gasteiger partial charge on any atom is 0.269 e. The largest absolute Gasteiger partial charge is 0.277 e. The van der Waals surface area contributed by atoms with E-state index in [2.05, 4.69) is 15.6 Å². The second kappa shape index (κ2) is 8.97. The molecule has 3 rings (SSSR count). The predicted octanol–water partition coefficient (Wildman–Crippen LogP) is 3.32. The van der Waals surface area contributed by atoms with E-state index in [0.29, 0.717) is 5.56 Å². The maximum atomic E-state index is 13.8. The number of hydrazine groups is 1. The molecule has 31 heavy (non-hydrogen) atoms. The normalized spacial score (nSPS) is 10.9. The van der Waals surface area contributed by atoms with Gasteiger partial charge in [0.05, 0.1) is 10.6 Å². The Labute approximate surface area is 179 Å². The van der Waals surface area contributed by atoms with Gasteiger partial charge in [0.1, 0.15) is 5.82 Å². The molecule has 0 spiro atoms. The summed E-state index contributed by atoms with van der Waals surface area (Å²) in [6, 6.07) is 15.8. The molecular formula is C22H20FN3O4S. The Morgan fingerprint density at radius 2 is 1.55 bits per heavy atom. The first kappa shape index (κ1) is 22.0. The van der Waals surface area contributed by atoms with Crippen LogP contribution in [0.4, 0.5) is 10.1 Å². The molecular weight excluding hydrogens is 421 g/mol. The third-order valence-corrected chi connectivity index (χ3v) is 5.80.